The van der Waals surface area contributed by atoms with Gasteiger partial charge >= 0.3 is 0 Å². The molecule has 4 aromatic carbocycles. The molecule has 248 valence electrons. The Hall–Kier alpha value is -4.05. The first-order valence-electron chi connectivity index (χ1n) is 15.5. The Balaban J connectivity index is 1.78. The Morgan fingerprint density at radius 3 is 2.02 bits per heavy atom. The van der Waals surface area contributed by atoms with Gasteiger partial charge < -0.3 is 15.0 Å². The molecule has 1 atom stereocenters. The Morgan fingerprint density at radius 1 is 0.809 bits per heavy atom. The van der Waals surface area contributed by atoms with E-state index in [9.17, 15) is 18.0 Å². The molecule has 11 heteroatoms. The molecule has 4 rings (SSSR count). The SMILES string of the molecule is CCCCNC(=O)[C@H](Cc1ccccc1)N(Cc1ccc(Cl)cc1)C(=O)CN(c1ccc(OCC)cc1)S(=O)(=O)c1ccc(Cl)cc1. The third-order valence-corrected chi connectivity index (χ3v) is 9.78. The van der Waals surface area contributed by atoms with E-state index in [1.54, 1.807) is 48.5 Å². The topological polar surface area (TPSA) is 96.0 Å². The number of carbonyl (C=O) groups is 2. The smallest absolute Gasteiger partial charge is 0.264 e. The number of unbranched alkanes of at least 4 members (excludes halogenated alkanes) is 1. The molecule has 0 saturated carbocycles. The number of anilines is 1. The Labute approximate surface area is 287 Å². The number of carbonyl (C=O) groups excluding carboxylic acids is 2. The zero-order valence-electron chi connectivity index (χ0n) is 26.4. The molecule has 0 aliphatic rings. The highest BCUT2D eigenvalue weighted by Crippen LogP contribution is 2.28. The number of hydrogen-bond donors (Lipinski definition) is 1. The largest absolute Gasteiger partial charge is 0.494 e. The van der Waals surface area contributed by atoms with Gasteiger partial charge in [-0.05, 0) is 85.1 Å². The number of amides is 2. The first-order chi connectivity index (χ1) is 22.6. The minimum atomic E-state index is -4.26. The van der Waals surface area contributed by atoms with E-state index >= 15 is 0 Å². The minimum absolute atomic E-state index is 0.0361. The van der Waals surface area contributed by atoms with E-state index in [-0.39, 0.29) is 29.5 Å². The van der Waals surface area contributed by atoms with Crippen molar-refractivity contribution in [1.82, 2.24) is 10.2 Å². The van der Waals surface area contributed by atoms with Crippen molar-refractivity contribution >= 4 is 50.7 Å². The standard InChI is InChI=1S/C36H39Cl2N3O5S/c1-3-5-23-39-36(43)34(24-27-9-7-6-8-10-27)40(25-28-11-13-29(37)14-12-28)35(42)26-41(31-17-19-32(20-18-31)46-4-2)47(44,45)33-21-15-30(38)16-22-33/h6-22,34H,3-5,23-26H2,1-2H3,(H,39,43)/t34-/m0/s1. The van der Waals surface area contributed by atoms with Gasteiger partial charge in [-0.1, -0.05) is 79.0 Å². The lowest BCUT2D eigenvalue weighted by atomic mass is 10.0. The predicted octanol–water partition coefficient (Wildman–Crippen LogP) is 7.14. The number of benzene rings is 4. The van der Waals surface area contributed by atoms with Gasteiger partial charge in [-0.2, -0.15) is 0 Å². The lowest BCUT2D eigenvalue weighted by Crippen LogP contribution is -2.53. The van der Waals surface area contributed by atoms with Gasteiger partial charge in [0.15, 0.2) is 0 Å². The van der Waals surface area contributed by atoms with Crippen molar-refractivity contribution in [2.24, 2.45) is 0 Å². The predicted molar refractivity (Wildman–Crippen MR) is 187 cm³/mol. The molecule has 1 N–H and O–H groups in total. The van der Waals surface area contributed by atoms with Gasteiger partial charge in [-0.15, -0.1) is 0 Å². The van der Waals surface area contributed by atoms with Crippen molar-refractivity contribution in [3.63, 3.8) is 0 Å². The second-order valence-corrected chi connectivity index (χ2v) is 13.6. The van der Waals surface area contributed by atoms with Crippen LogP contribution in [-0.4, -0.2) is 50.9 Å². The van der Waals surface area contributed by atoms with Gasteiger partial charge in [0, 0.05) is 29.6 Å². The van der Waals surface area contributed by atoms with Crippen LogP contribution in [0.1, 0.15) is 37.8 Å². The molecule has 0 heterocycles. The number of nitrogens with one attached hydrogen (secondary N) is 1. The van der Waals surface area contributed by atoms with Crippen molar-refractivity contribution in [1.29, 1.82) is 0 Å². The molecule has 0 aliphatic heterocycles. The van der Waals surface area contributed by atoms with Gasteiger partial charge in [0.25, 0.3) is 10.0 Å². The second kappa shape index (κ2) is 17.2. The van der Waals surface area contributed by atoms with Gasteiger partial charge in [0.2, 0.25) is 11.8 Å². The van der Waals surface area contributed by atoms with E-state index in [2.05, 4.69) is 5.32 Å². The zero-order chi connectivity index (χ0) is 33.8. The van der Waals surface area contributed by atoms with Crippen LogP contribution in [0.15, 0.2) is 108 Å². The molecule has 2 amide bonds. The van der Waals surface area contributed by atoms with Gasteiger partial charge in [0.05, 0.1) is 17.2 Å². The van der Waals surface area contributed by atoms with Crippen LogP contribution < -0.4 is 14.4 Å². The second-order valence-electron chi connectivity index (χ2n) is 10.9. The number of halogens is 2. The maximum Gasteiger partial charge on any atom is 0.264 e. The first-order valence-corrected chi connectivity index (χ1v) is 17.7. The summed E-state index contributed by atoms with van der Waals surface area (Å²) in [4.78, 5) is 29.8. The molecule has 8 nitrogen and oxygen atoms in total. The lowest BCUT2D eigenvalue weighted by Gasteiger charge is -2.34. The van der Waals surface area contributed by atoms with Crippen molar-refractivity contribution in [3.8, 4) is 5.75 Å². The van der Waals surface area contributed by atoms with Gasteiger partial charge in [-0.25, -0.2) is 8.42 Å². The summed E-state index contributed by atoms with van der Waals surface area (Å²) in [6.07, 6.45) is 1.89. The first kappa shape index (κ1) is 35.8. The molecular weight excluding hydrogens is 657 g/mol. The van der Waals surface area contributed by atoms with Crippen LogP contribution in [0.4, 0.5) is 5.69 Å². The van der Waals surface area contributed by atoms with Crippen LogP contribution in [0.3, 0.4) is 0 Å². The molecule has 0 bridgehead atoms. The minimum Gasteiger partial charge on any atom is -0.494 e. The summed E-state index contributed by atoms with van der Waals surface area (Å²) in [7, 11) is -4.26. The number of rotatable bonds is 16. The summed E-state index contributed by atoms with van der Waals surface area (Å²) in [5.41, 5.74) is 1.85. The summed E-state index contributed by atoms with van der Waals surface area (Å²) in [5.74, 6) is -0.321. The zero-order valence-corrected chi connectivity index (χ0v) is 28.8. The molecule has 0 unspecified atom stereocenters. The summed E-state index contributed by atoms with van der Waals surface area (Å²) in [5, 5.41) is 3.89. The molecular formula is C36H39Cl2N3O5S. The van der Waals surface area contributed by atoms with Crippen LogP contribution in [0.25, 0.3) is 0 Å². The summed E-state index contributed by atoms with van der Waals surface area (Å²) in [6.45, 7) is 4.25. The number of hydrogen-bond acceptors (Lipinski definition) is 5. The van der Waals surface area contributed by atoms with Crippen molar-refractivity contribution < 1.29 is 22.7 Å². The number of nitrogens with zero attached hydrogens (tertiary/aromatic N) is 2. The average Bonchev–Trinajstić information content (AvgIpc) is 3.07. The molecule has 0 aromatic heterocycles. The quantitative estimate of drug-likeness (QED) is 0.126. The van der Waals surface area contributed by atoms with Gasteiger partial charge in [0.1, 0.15) is 18.3 Å². The molecule has 0 spiro atoms. The summed E-state index contributed by atoms with van der Waals surface area (Å²) in [6, 6.07) is 27.7. The van der Waals surface area contributed by atoms with Crippen LogP contribution in [-0.2, 0) is 32.6 Å². The lowest BCUT2D eigenvalue weighted by molar-refractivity contribution is -0.140. The van der Waals surface area contributed by atoms with Crippen molar-refractivity contribution in [2.45, 2.75) is 50.6 Å². The van der Waals surface area contributed by atoms with Crippen LogP contribution in [0.2, 0.25) is 10.0 Å². The summed E-state index contributed by atoms with van der Waals surface area (Å²) >= 11 is 12.2. The summed E-state index contributed by atoms with van der Waals surface area (Å²) < 4.78 is 34.9. The third-order valence-electron chi connectivity index (χ3n) is 7.48. The van der Waals surface area contributed by atoms with E-state index < -0.39 is 28.5 Å². The molecule has 0 saturated heterocycles. The maximum atomic E-state index is 14.5. The number of sulfonamides is 1. The molecule has 0 radical (unpaired) electrons. The Morgan fingerprint density at radius 2 is 1.43 bits per heavy atom. The fourth-order valence-electron chi connectivity index (χ4n) is 4.98. The fourth-order valence-corrected chi connectivity index (χ4v) is 6.65. The highest BCUT2D eigenvalue weighted by molar-refractivity contribution is 7.92. The molecule has 47 heavy (non-hydrogen) atoms. The van der Waals surface area contributed by atoms with Gasteiger partial charge in [-0.3, -0.25) is 13.9 Å². The van der Waals surface area contributed by atoms with E-state index in [0.29, 0.717) is 28.9 Å². The van der Waals surface area contributed by atoms with Crippen LogP contribution in [0.5, 0.6) is 5.75 Å². The van der Waals surface area contributed by atoms with Crippen LogP contribution in [0, 0.1) is 0 Å². The average molecular weight is 697 g/mol. The third kappa shape index (κ3) is 9.97. The van der Waals surface area contributed by atoms with E-state index in [1.807, 2.05) is 44.2 Å². The Kier molecular flexibility index (Phi) is 13.1. The van der Waals surface area contributed by atoms with E-state index in [0.717, 1.165) is 28.3 Å². The Bertz CT molecular complexity index is 1700. The van der Waals surface area contributed by atoms with Crippen molar-refractivity contribution in [3.05, 3.63) is 124 Å². The fraction of sp³-hybridized carbons (Fsp3) is 0.278. The highest BCUT2D eigenvalue weighted by atomic mass is 35.5. The number of ether oxygens (including phenoxy) is 1. The monoisotopic (exact) mass is 695 g/mol. The highest BCUT2D eigenvalue weighted by Gasteiger charge is 2.34. The normalized spacial score (nSPS) is 11.8. The molecule has 0 aliphatic carbocycles. The van der Waals surface area contributed by atoms with Crippen molar-refractivity contribution in [2.75, 3.05) is 24.0 Å². The maximum absolute atomic E-state index is 14.5. The molecule has 0 fully saturated rings. The molecule has 4 aromatic rings. The van der Waals surface area contributed by atoms with Crippen LogP contribution >= 0.6 is 23.2 Å². The van der Waals surface area contributed by atoms with E-state index in [1.165, 1.54) is 29.2 Å². The van der Waals surface area contributed by atoms with E-state index in [4.69, 9.17) is 27.9 Å².